The first-order chi connectivity index (χ1) is 9.68. The Kier molecular flexibility index (Phi) is 6.04. The van der Waals surface area contributed by atoms with E-state index in [0.29, 0.717) is 12.3 Å². The lowest BCUT2D eigenvalue weighted by molar-refractivity contribution is -0.255. The molecule has 3 nitrogen and oxygen atoms in total. The highest BCUT2D eigenvalue weighted by atomic mass is 19.4. The summed E-state index contributed by atoms with van der Waals surface area (Å²) in [6.45, 7) is 4.94. The Balaban J connectivity index is 2.69. The number of rotatable bonds is 7. The minimum Gasteiger partial charge on any atom is -0.382 e. The molecule has 0 spiro atoms. The molecule has 0 aliphatic heterocycles. The third kappa shape index (κ3) is 5.21. The number of ether oxygens (including phenoxy) is 1. The van der Waals surface area contributed by atoms with E-state index in [1.54, 1.807) is 18.2 Å². The zero-order valence-corrected chi connectivity index (χ0v) is 12.5. The molecule has 1 atom stereocenters. The van der Waals surface area contributed by atoms with E-state index in [2.05, 4.69) is 5.32 Å². The molecule has 0 fully saturated rings. The molecule has 0 heterocycles. The lowest BCUT2D eigenvalue weighted by atomic mass is 10.00. The van der Waals surface area contributed by atoms with Crippen LogP contribution >= 0.6 is 0 Å². The molecule has 0 radical (unpaired) electrons. The molecule has 21 heavy (non-hydrogen) atoms. The first kappa shape index (κ1) is 17.8. The number of hydrogen-bond donors (Lipinski definition) is 2. The van der Waals surface area contributed by atoms with Gasteiger partial charge in [-0.3, -0.25) is 0 Å². The van der Waals surface area contributed by atoms with Crippen LogP contribution in [0.1, 0.15) is 32.8 Å². The van der Waals surface area contributed by atoms with Crippen LogP contribution in [0.15, 0.2) is 24.3 Å². The molecule has 6 heteroatoms. The molecule has 1 rings (SSSR count). The average molecular weight is 305 g/mol. The van der Waals surface area contributed by atoms with Gasteiger partial charge in [0.1, 0.15) is 0 Å². The summed E-state index contributed by atoms with van der Waals surface area (Å²) >= 11 is 0. The molecule has 0 aliphatic rings. The fraction of sp³-hybridized carbons (Fsp3) is 0.600. The van der Waals surface area contributed by atoms with E-state index in [1.165, 1.54) is 6.92 Å². The van der Waals surface area contributed by atoms with E-state index < -0.39 is 24.7 Å². The maximum Gasteiger partial charge on any atom is 0.418 e. The van der Waals surface area contributed by atoms with Crippen molar-refractivity contribution in [3.8, 4) is 0 Å². The summed E-state index contributed by atoms with van der Waals surface area (Å²) in [5.74, 6) is 0. The number of anilines is 1. The average Bonchev–Trinajstić information content (AvgIpc) is 2.41. The van der Waals surface area contributed by atoms with E-state index in [9.17, 15) is 18.3 Å². The minimum absolute atomic E-state index is 0.0806. The fourth-order valence-corrected chi connectivity index (χ4v) is 1.71. The third-order valence-electron chi connectivity index (χ3n) is 3.21. The Hall–Kier alpha value is -1.27. The minimum atomic E-state index is -4.66. The summed E-state index contributed by atoms with van der Waals surface area (Å²) in [6.07, 6.45) is -4.98. The first-order valence-electron chi connectivity index (χ1n) is 6.91. The van der Waals surface area contributed by atoms with Crippen LogP contribution in [-0.2, 0) is 11.3 Å². The van der Waals surface area contributed by atoms with Crippen LogP contribution in [0.4, 0.5) is 18.9 Å². The van der Waals surface area contributed by atoms with Gasteiger partial charge >= 0.3 is 6.18 Å². The van der Waals surface area contributed by atoms with Crippen molar-refractivity contribution in [2.45, 2.75) is 51.7 Å². The van der Waals surface area contributed by atoms with Crippen molar-refractivity contribution in [1.82, 2.24) is 0 Å². The monoisotopic (exact) mass is 305 g/mol. The number of aliphatic hydroxyl groups is 1. The van der Waals surface area contributed by atoms with E-state index in [4.69, 9.17) is 4.74 Å². The van der Waals surface area contributed by atoms with E-state index in [1.807, 2.05) is 19.9 Å². The van der Waals surface area contributed by atoms with Gasteiger partial charge in [0.25, 0.3) is 0 Å². The van der Waals surface area contributed by atoms with Gasteiger partial charge in [0.05, 0.1) is 19.3 Å². The topological polar surface area (TPSA) is 41.5 Å². The van der Waals surface area contributed by atoms with Crippen LogP contribution in [0.3, 0.4) is 0 Å². The maximum absolute atomic E-state index is 12.8. The molecule has 0 saturated heterocycles. The molecule has 0 aromatic heterocycles. The summed E-state index contributed by atoms with van der Waals surface area (Å²) in [4.78, 5) is 0. The Morgan fingerprint density at radius 1 is 1.29 bits per heavy atom. The van der Waals surface area contributed by atoms with E-state index in [0.717, 1.165) is 5.56 Å². The quantitative estimate of drug-likeness (QED) is 0.806. The van der Waals surface area contributed by atoms with Crippen LogP contribution in [0.2, 0.25) is 0 Å². The van der Waals surface area contributed by atoms with Crippen LogP contribution in [-0.4, -0.2) is 29.5 Å². The smallest absolute Gasteiger partial charge is 0.382 e. The number of alkyl halides is 3. The van der Waals surface area contributed by atoms with Gasteiger partial charge in [-0.05, 0) is 38.0 Å². The molecule has 0 bridgehead atoms. The number of nitrogens with one attached hydrogen (secondary N) is 1. The zero-order chi connectivity index (χ0) is 16.1. The summed E-state index contributed by atoms with van der Waals surface area (Å²) in [6, 6.07) is 6.95. The fourth-order valence-electron chi connectivity index (χ4n) is 1.71. The normalized spacial score (nSPS) is 15.0. The summed E-state index contributed by atoms with van der Waals surface area (Å²) in [5.41, 5.74) is -1.34. The molecular formula is C15H22F3NO2. The van der Waals surface area contributed by atoms with Crippen LogP contribution in [0.25, 0.3) is 0 Å². The lowest BCUT2D eigenvalue weighted by Gasteiger charge is -2.29. The van der Waals surface area contributed by atoms with Gasteiger partial charge < -0.3 is 15.2 Å². The van der Waals surface area contributed by atoms with Gasteiger partial charge in [-0.15, -0.1) is 0 Å². The number of benzene rings is 1. The second kappa shape index (κ2) is 7.13. The Morgan fingerprint density at radius 3 is 2.48 bits per heavy atom. The van der Waals surface area contributed by atoms with Gasteiger partial charge in [0, 0.05) is 5.69 Å². The van der Waals surface area contributed by atoms with Crippen molar-refractivity contribution in [3.05, 3.63) is 29.8 Å². The van der Waals surface area contributed by atoms with Crippen molar-refractivity contribution < 1.29 is 23.0 Å². The predicted molar refractivity (Wildman–Crippen MR) is 76.2 cm³/mol. The highest BCUT2D eigenvalue weighted by Crippen LogP contribution is 2.33. The van der Waals surface area contributed by atoms with Gasteiger partial charge in [-0.1, -0.05) is 19.1 Å². The Morgan fingerprint density at radius 2 is 1.95 bits per heavy atom. The Bertz CT molecular complexity index is 449. The summed E-state index contributed by atoms with van der Waals surface area (Å²) in [5, 5.41) is 12.3. The summed E-state index contributed by atoms with van der Waals surface area (Å²) in [7, 11) is 0. The molecule has 1 unspecified atom stereocenters. The first-order valence-corrected chi connectivity index (χ1v) is 6.91. The second-order valence-electron chi connectivity index (χ2n) is 5.30. The largest absolute Gasteiger partial charge is 0.418 e. The second-order valence-corrected chi connectivity index (χ2v) is 5.30. The van der Waals surface area contributed by atoms with E-state index in [-0.39, 0.29) is 6.10 Å². The van der Waals surface area contributed by atoms with Crippen molar-refractivity contribution in [2.24, 2.45) is 0 Å². The molecule has 1 aromatic rings. The van der Waals surface area contributed by atoms with Gasteiger partial charge in [0.2, 0.25) is 0 Å². The highest BCUT2D eigenvalue weighted by molar-refractivity contribution is 5.46. The molecule has 0 amide bonds. The van der Waals surface area contributed by atoms with Crippen molar-refractivity contribution in [3.63, 3.8) is 0 Å². The third-order valence-corrected chi connectivity index (χ3v) is 3.21. The van der Waals surface area contributed by atoms with Crippen LogP contribution < -0.4 is 5.32 Å². The van der Waals surface area contributed by atoms with Crippen LogP contribution in [0, 0.1) is 0 Å². The molecule has 1 aromatic carbocycles. The van der Waals surface area contributed by atoms with Crippen molar-refractivity contribution >= 4 is 5.69 Å². The van der Waals surface area contributed by atoms with Gasteiger partial charge in [-0.2, -0.15) is 13.2 Å². The SMILES string of the molecule is CCC(O)(CNc1cccc(COC(C)C)c1)C(F)(F)F. The van der Waals surface area contributed by atoms with Gasteiger partial charge in [0.15, 0.2) is 5.60 Å². The predicted octanol–water partition coefficient (Wildman–Crippen LogP) is 3.73. The van der Waals surface area contributed by atoms with Gasteiger partial charge in [-0.25, -0.2) is 0 Å². The summed E-state index contributed by atoms with van der Waals surface area (Å²) < 4.78 is 43.8. The highest BCUT2D eigenvalue weighted by Gasteiger charge is 2.52. The van der Waals surface area contributed by atoms with Crippen LogP contribution in [0.5, 0.6) is 0 Å². The Labute approximate surface area is 123 Å². The molecular weight excluding hydrogens is 283 g/mol. The molecule has 120 valence electrons. The molecule has 0 saturated carbocycles. The molecule has 2 N–H and O–H groups in total. The van der Waals surface area contributed by atoms with Crippen molar-refractivity contribution in [1.29, 1.82) is 0 Å². The zero-order valence-electron chi connectivity index (χ0n) is 12.5. The number of hydrogen-bond acceptors (Lipinski definition) is 3. The van der Waals surface area contributed by atoms with E-state index >= 15 is 0 Å². The molecule has 0 aliphatic carbocycles. The maximum atomic E-state index is 12.8. The van der Waals surface area contributed by atoms with Crippen molar-refractivity contribution in [2.75, 3.05) is 11.9 Å². The standard InChI is InChI=1S/C15H22F3NO2/c1-4-14(20,15(16,17)18)10-19-13-7-5-6-12(8-13)9-21-11(2)3/h5-8,11,19-20H,4,9-10H2,1-3H3. The number of halogens is 3. The lowest BCUT2D eigenvalue weighted by Crippen LogP contribution is -2.50.